The summed E-state index contributed by atoms with van der Waals surface area (Å²) in [6.45, 7) is 3.01. The Labute approximate surface area is 177 Å². The largest absolute Gasteiger partial charge is 0.454 e. The minimum absolute atomic E-state index is 0.268. The molecule has 5 heteroatoms. The Balaban J connectivity index is 1.36. The van der Waals surface area contributed by atoms with Crippen LogP contribution < -0.4 is 9.47 Å². The van der Waals surface area contributed by atoms with Crippen LogP contribution in [0.3, 0.4) is 0 Å². The van der Waals surface area contributed by atoms with E-state index in [1.807, 2.05) is 66.7 Å². The van der Waals surface area contributed by atoms with Crippen molar-refractivity contribution >= 4 is 0 Å². The summed E-state index contributed by atoms with van der Waals surface area (Å²) in [6.07, 6.45) is -0.577. The first-order valence-electron chi connectivity index (χ1n) is 10.2. The Morgan fingerprint density at radius 3 is 2.23 bits per heavy atom. The molecule has 0 aliphatic carbocycles. The lowest BCUT2D eigenvalue weighted by Crippen LogP contribution is -2.34. The van der Waals surface area contributed by atoms with Crippen LogP contribution in [-0.4, -0.2) is 36.1 Å². The second-order valence-corrected chi connectivity index (χ2v) is 7.50. The van der Waals surface area contributed by atoms with E-state index in [1.165, 1.54) is 5.56 Å². The molecule has 1 atom stereocenters. The van der Waals surface area contributed by atoms with Crippen molar-refractivity contribution in [2.75, 3.05) is 19.9 Å². The van der Waals surface area contributed by atoms with Crippen molar-refractivity contribution in [1.82, 2.24) is 4.90 Å². The van der Waals surface area contributed by atoms with Crippen LogP contribution in [0.25, 0.3) is 0 Å². The molecule has 3 aromatic rings. The molecule has 1 N–H and O–H groups in total. The quantitative estimate of drug-likeness (QED) is 0.553. The number of aliphatic hydroxyl groups excluding tert-OH is 1. The highest BCUT2D eigenvalue weighted by Crippen LogP contribution is 2.32. The molecule has 0 unspecified atom stereocenters. The first kappa shape index (κ1) is 20.4. The third-order valence-electron chi connectivity index (χ3n) is 4.98. The number of aliphatic hydroxyl groups is 1. The number of rotatable bonds is 10. The van der Waals surface area contributed by atoms with E-state index in [0.29, 0.717) is 26.3 Å². The summed E-state index contributed by atoms with van der Waals surface area (Å²) in [4.78, 5) is 2.23. The molecule has 4 rings (SSSR count). The summed E-state index contributed by atoms with van der Waals surface area (Å²) in [6, 6.07) is 26.3. The monoisotopic (exact) mass is 405 g/mol. The predicted molar refractivity (Wildman–Crippen MR) is 115 cm³/mol. The zero-order valence-electron chi connectivity index (χ0n) is 16.9. The molecule has 1 aliphatic heterocycles. The Hall–Kier alpha value is -2.86. The third kappa shape index (κ3) is 5.83. The van der Waals surface area contributed by atoms with E-state index in [9.17, 15) is 5.11 Å². The fourth-order valence-electron chi connectivity index (χ4n) is 3.56. The van der Waals surface area contributed by atoms with Gasteiger partial charge in [-0.25, -0.2) is 0 Å². The standard InChI is InChI=1S/C25H27NO4/c27-23(18-28-17-21-9-5-2-6-10-21)16-26(14-20-7-3-1-4-8-20)15-22-11-12-24-25(13-22)30-19-29-24/h1-13,23,27H,14-19H2/t23-/m0/s1. The first-order chi connectivity index (χ1) is 14.8. The molecule has 0 saturated carbocycles. The van der Waals surface area contributed by atoms with E-state index < -0.39 is 6.10 Å². The van der Waals surface area contributed by atoms with Gasteiger partial charge in [-0.2, -0.15) is 0 Å². The van der Waals surface area contributed by atoms with Crippen molar-refractivity contribution in [2.24, 2.45) is 0 Å². The van der Waals surface area contributed by atoms with Gasteiger partial charge >= 0.3 is 0 Å². The second kappa shape index (κ2) is 10.3. The van der Waals surface area contributed by atoms with Gasteiger partial charge in [0.15, 0.2) is 11.5 Å². The smallest absolute Gasteiger partial charge is 0.231 e. The van der Waals surface area contributed by atoms with E-state index in [2.05, 4.69) is 17.0 Å². The number of benzene rings is 3. The number of ether oxygens (including phenoxy) is 3. The van der Waals surface area contributed by atoms with E-state index in [1.54, 1.807) is 0 Å². The maximum Gasteiger partial charge on any atom is 0.231 e. The molecule has 3 aromatic carbocycles. The molecule has 0 spiro atoms. The van der Waals surface area contributed by atoms with Crippen LogP contribution in [0, 0.1) is 0 Å². The first-order valence-corrected chi connectivity index (χ1v) is 10.2. The third-order valence-corrected chi connectivity index (χ3v) is 4.98. The number of hydrogen-bond donors (Lipinski definition) is 1. The van der Waals surface area contributed by atoms with E-state index in [-0.39, 0.29) is 6.79 Å². The SMILES string of the molecule is O[C@H](COCc1ccccc1)CN(Cc1ccccc1)Cc1ccc2c(c1)OCO2. The van der Waals surface area contributed by atoms with Gasteiger partial charge in [-0.3, -0.25) is 4.90 Å². The number of nitrogens with zero attached hydrogens (tertiary/aromatic N) is 1. The fraction of sp³-hybridized carbons (Fsp3) is 0.280. The Morgan fingerprint density at radius 2 is 1.47 bits per heavy atom. The highest BCUT2D eigenvalue weighted by molar-refractivity contribution is 5.44. The molecule has 0 amide bonds. The van der Waals surface area contributed by atoms with Crippen LogP contribution in [0.2, 0.25) is 0 Å². The molecular weight excluding hydrogens is 378 g/mol. The molecule has 0 radical (unpaired) electrons. The van der Waals surface area contributed by atoms with Crippen molar-refractivity contribution in [3.63, 3.8) is 0 Å². The minimum atomic E-state index is -0.577. The van der Waals surface area contributed by atoms with E-state index in [0.717, 1.165) is 29.2 Å². The van der Waals surface area contributed by atoms with Crippen LogP contribution in [0.15, 0.2) is 78.9 Å². The van der Waals surface area contributed by atoms with Gasteiger partial charge in [0.05, 0.1) is 19.3 Å². The molecule has 0 fully saturated rings. The van der Waals surface area contributed by atoms with Gasteiger partial charge in [0.25, 0.3) is 0 Å². The Kier molecular flexibility index (Phi) is 6.98. The van der Waals surface area contributed by atoms with Crippen molar-refractivity contribution in [3.05, 3.63) is 95.6 Å². The van der Waals surface area contributed by atoms with Crippen molar-refractivity contribution in [1.29, 1.82) is 0 Å². The highest BCUT2D eigenvalue weighted by Gasteiger charge is 2.17. The summed E-state index contributed by atoms with van der Waals surface area (Å²) in [7, 11) is 0. The average molecular weight is 405 g/mol. The summed E-state index contributed by atoms with van der Waals surface area (Å²) < 4.78 is 16.6. The van der Waals surface area contributed by atoms with Gasteiger partial charge in [0.1, 0.15) is 0 Å². The van der Waals surface area contributed by atoms with Crippen LogP contribution >= 0.6 is 0 Å². The van der Waals surface area contributed by atoms with Gasteiger partial charge in [-0.15, -0.1) is 0 Å². The Morgan fingerprint density at radius 1 is 0.800 bits per heavy atom. The van der Waals surface area contributed by atoms with Gasteiger partial charge < -0.3 is 19.3 Å². The maximum absolute atomic E-state index is 10.6. The van der Waals surface area contributed by atoms with Crippen LogP contribution in [-0.2, 0) is 24.4 Å². The molecular formula is C25H27NO4. The van der Waals surface area contributed by atoms with Crippen molar-refractivity contribution in [3.8, 4) is 11.5 Å². The maximum atomic E-state index is 10.6. The predicted octanol–water partition coefficient (Wildman–Crippen LogP) is 4.00. The molecule has 156 valence electrons. The van der Waals surface area contributed by atoms with E-state index in [4.69, 9.17) is 14.2 Å². The zero-order valence-corrected chi connectivity index (χ0v) is 16.9. The van der Waals surface area contributed by atoms with E-state index >= 15 is 0 Å². The van der Waals surface area contributed by atoms with Crippen LogP contribution in [0.5, 0.6) is 11.5 Å². The lowest BCUT2D eigenvalue weighted by Gasteiger charge is -2.25. The number of hydrogen-bond acceptors (Lipinski definition) is 5. The summed E-state index contributed by atoms with van der Waals surface area (Å²) in [5.74, 6) is 1.56. The van der Waals surface area contributed by atoms with Crippen LogP contribution in [0.1, 0.15) is 16.7 Å². The highest BCUT2D eigenvalue weighted by atomic mass is 16.7. The fourth-order valence-corrected chi connectivity index (χ4v) is 3.56. The lowest BCUT2D eigenvalue weighted by molar-refractivity contribution is 0.00712. The summed E-state index contributed by atoms with van der Waals surface area (Å²) in [5, 5.41) is 10.6. The Bertz CT molecular complexity index is 917. The van der Waals surface area contributed by atoms with Gasteiger partial charge in [0.2, 0.25) is 6.79 Å². The second-order valence-electron chi connectivity index (χ2n) is 7.50. The minimum Gasteiger partial charge on any atom is -0.454 e. The average Bonchev–Trinajstić information content (AvgIpc) is 3.23. The van der Waals surface area contributed by atoms with Crippen LogP contribution in [0.4, 0.5) is 0 Å². The normalized spacial score (nSPS) is 13.5. The molecule has 0 aromatic heterocycles. The topological polar surface area (TPSA) is 51.2 Å². The molecule has 1 aliphatic rings. The summed E-state index contributed by atoms with van der Waals surface area (Å²) in [5.41, 5.74) is 3.43. The zero-order chi connectivity index (χ0) is 20.6. The van der Waals surface area contributed by atoms with Crippen molar-refractivity contribution < 1.29 is 19.3 Å². The molecule has 5 nitrogen and oxygen atoms in total. The molecule has 0 saturated heterocycles. The molecule has 1 heterocycles. The molecule has 0 bridgehead atoms. The summed E-state index contributed by atoms with van der Waals surface area (Å²) >= 11 is 0. The van der Waals surface area contributed by atoms with Crippen molar-refractivity contribution in [2.45, 2.75) is 25.8 Å². The van der Waals surface area contributed by atoms with Gasteiger partial charge in [-0.1, -0.05) is 66.7 Å². The lowest BCUT2D eigenvalue weighted by atomic mass is 10.1. The molecule has 30 heavy (non-hydrogen) atoms. The number of fused-ring (bicyclic) bond motifs is 1. The van der Waals surface area contributed by atoms with Gasteiger partial charge in [-0.05, 0) is 28.8 Å². The van der Waals surface area contributed by atoms with Gasteiger partial charge in [0, 0.05) is 19.6 Å².